The van der Waals surface area contributed by atoms with Crippen LogP contribution in [-0.4, -0.2) is 35.6 Å². The maximum atomic E-state index is 13.3. The molecule has 4 rings (SSSR count). The van der Waals surface area contributed by atoms with Crippen LogP contribution in [0.25, 0.3) is 5.57 Å². The Hall–Kier alpha value is -1.94. The number of rotatable bonds is 1. The number of hydrogen-bond acceptors (Lipinski definition) is 3. The predicted octanol–water partition coefficient (Wildman–Crippen LogP) is 3.32. The normalized spacial score (nSPS) is 30.7. The van der Waals surface area contributed by atoms with E-state index in [0.717, 1.165) is 36.1 Å². The number of benzene rings is 1. The minimum absolute atomic E-state index is 0.164. The topological polar surface area (TPSA) is 29.5 Å². The van der Waals surface area contributed by atoms with Crippen molar-refractivity contribution >= 4 is 11.5 Å². The summed E-state index contributed by atoms with van der Waals surface area (Å²) in [5.41, 5.74) is 3.09. The molecule has 1 aromatic carbocycles. The molecule has 0 spiro atoms. The zero-order valence-electron chi connectivity index (χ0n) is 13.2. The van der Waals surface area contributed by atoms with Crippen LogP contribution in [0.5, 0.6) is 0 Å². The van der Waals surface area contributed by atoms with E-state index in [-0.39, 0.29) is 30.0 Å². The quantitative estimate of drug-likeness (QED) is 0.745. The minimum atomic E-state index is -0.250. The van der Waals surface area contributed by atoms with Gasteiger partial charge in [-0.15, -0.1) is 0 Å². The van der Waals surface area contributed by atoms with Gasteiger partial charge in [0, 0.05) is 17.7 Å². The molecule has 0 amide bonds. The van der Waals surface area contributed by atoms with E-state index in [1.54, 1.807) is 6.08 Å². The fourth-order valence-corrected chi connectivity index (χ4v) is 4.10. The summed E-state index contributed by atoms with van der Waals surface area (Å²) in [6, 6.07) is 7.07. The number of fused-ring (bicyclic) bond motifs is 3. The monoisotopic (exact) mass is 313 g/mol. The minimum Gasteiger partial charge on any atom is -0.453 e. The number of piperidine rings is 1. The lowest BCUT2D eigenvalue weighted by atomic mass is 9.93. The van der Waals surface area contributed by atoms with E-state index in [9.17, 15) is 9.18 Å². The summed E-state index contributed by atoms with van der Waals surface area (Å²) in [4.78, 5) is 14.2. The number of hydrogen-bond donors (Lipinski definition) is 0. The van der Waals surface area contributed by atoms with Crippen LogP contribution in [-0.2, 0) is 9.53 Å². The second-order valence-corrected chi connectivity index (χ2v) is 6.59. The highest BCUT2D eigenvalue weighted by Crippen LogP contribution is 2.38. The Labute approximate surface area is 135 Å². The van der Waals surface area contributed by atoms with Gasteiger partial charge in [-0.25, -0.2) is 9.18 Å². The third kappa shape index (κ3) is 2.51. The van der Waals surface area contributed by atoms with E-state index >= 15 is 0 Å². The van der Waals surface area contributed by atoms with E-state index in [4.69, 9.17) is 4.74 Å². The van der Waals surface area contributed by atoms with Gasteiger partial charge in [0.05, 0.1) is 6.04 Å². The molecule has 23 heavy (non-hydrogen) atoms. The lowest BCUT2D eigenvalue weighted by Gasteiger charge is -2.41. The molecule has 0 bridgehead atoms. The van der Waals surface area contributed by atoms with E-state index < -0.39 is 0 Å². The number of esters is 1. The first-order valence-corrected chi connectivity index (χ1v) is 8.29. The highest BCUT2D eigenvalue weighted by molar-refractivity contribution is 5.88. The molecule has 4 heteroatoms. The number of carbonyl (C=O) groups excluding carboxylic acids is 1. The number of nitrogens with zero attached hydrogens (tertiary/aromatic N) is 1. The molecule has 0 saturated carbocycles. The first kappa shape index (κ1) is 14.6. The van der Waals surface area contributed by atoms with Crippen molar-refractivity contribution in [2.45, 2.75) is 44.4 Å². The van der Waals surface area contributed by atoms with Crippen molar-refractivity contribution in [2.24, 2.45) is 0 Å². The summed E-state index contributed by atoms with van der Waals surface area (Å²) in [6.45, 7) is 3.20. The van der Waals surface area contributed by atoms with Gasteiger partial charge in [-0.1, -0.05) is 18.6 Å². The average molecular weight is 313 g/mol. The smallest absolute Gasteiger partial charge is 0.331 e. The van der Waals surface area contributed by atoms with Crippen LogP contribution in [0, 0.1) is 5.82 Å². The first-order valence-electron chi connectivity index (χ1n) is 8.29. The molecular formula is C19H20FNO2. The molecule has 0 aromatic heterocycles. The maximum Gasteiger partial charge on any atom is 0.331 e. The second kappa shape index (κ2) is 5.60. The van der Waals surface area contributed by atoms with Gasteiger partial charge in [0.2, 0.25) is 0 Å². The Morgan fingerprint density at radius 2 is 1.96 bits per heavy atom. The molecule has 1 aromatic rings. The van der Waals surface area contributed by atoms with Crippen molar-refractivity contribution in [1.82, 2.24) is 4.90 Å². The van der Waals surface area contributed by atoms with E-state index in [1.165, 1.54) is 18.6 Å². The summed E-state index contributed by atoms with van der Waals surface area (Å²) in [7, 11) is 0. The van der Waals surface area contributed by atoms with E-state index in [1.807, 2.05) is 12.1 Å². The molecule has 0 N–H and O–H groups in total. The van der Waals surface area contributed by atoms with Crippen LogP contribution in [0.2, 0.25) is 0 Å². The Morgan fingerprint density at radius 3 is 2.74 bits per heavy atom. The van der Waals surface area contributed by atoms with Crippen LogP contribution < -0.4 is 0 Å². The molecule has 0 aliphatic carbocycles. The Morgan fingerprint density at radius 1 is 1.17 bits per heavy atom. The SMILES string of the molecule is CC1C(c2ccc(F)cc2)=CC2=CC(=O)OC2[C@H]2CCCCN12. The maximum absolute atomic E-state index is 13.3. The molecule has 3 heterocycles. The third-order valence-corrected chi connectivity index (χ3v) is 5.25. The zero-order valence-corrected chi connectivity index (χ0v) is 13.2. The van der Waals surface area contributed by atoms with Crippen molar-refractivity contribution in [3.8, 4) is 0 Å². The highest BCUT2D eigenvalue weighted by Gasteiger charge is 2.42. The van der Waals surface area contributed by atoms with Crippen LogP contribution >= 0.6 is 0 Å². The van der Waals surface area contributed by atoms with E-state index in [0.29, 0.717) is 0 Å². The summed E-state index contributed by atoms with van der Waals surface area (Å²) in [6.07, 6.45) is 6.90. The number of ether oxygens (including phenoxy) is 1. The van der Waals surface area contributed by atoms with Gasteiger partial charge in [-0.05, 0) is 55.7 Å². The summed E-state index contributed by atoms with van der Waals surface area (Å²) in [5.74, 6) is -0.484. The molecule has 3 nitrogen and oxygen atoms in total. The number of halogens is 1. The molecule has 120 valence electrons. The molecule has 1 saturated heterocycles. The van der Waals surface area contributed by atoms with Gasteiger partial charge in [0.25, 0.3) is 0 Å². The van der Waals surface area contributed by atoms with Crippen LogP contribution in [0.4, 0.5) is 4.39 Å². The molecule has 3 aliphatic heterocycles. The fourth-order valence-electron chi connectivity index (χ4n) is 4.10. The first-order chi connectivity index (χ1) is 11.1. The Balaban J connectivity index is 1.80. The standard InChI is InChI=1S/C19H20FNO2/c1-12-16(13-5-7-15(20)8-6-13)10-14-11-18(22)23-19(14)17-4-2-3-9-21(12)17/h5-8,10-12,17,19H,2-4,9H2,1H3/t12?,17-,19?/m1/s1. The third-order valence-electron chi connectivity index (χ3n) is 5.25. The highest BCUT2D eigenvalue weighted by atomic mass is 19.1. The Kier molecular flexibility index (Phi) is 3.57. The van der Waals surface area contributed by atoms with Crippen LogP contribution in [0.15, 0.2) is 42.0 Å². The zero-order chi connectivity index (χ0) is 16.0. The van der Waals surface area contributed by atoms with Crippen molar-refractivity contribution in [3.63, 3.8) is 0 Å². The van der Waals surface area contributed by atoms with Gasteiger partial charge in [0.1, 0.15) is 11.9 Å². The number of carbonyl (C=O) groups is 1. The summed E-state index contributed by atoms with van der Waals surface area (Å²) in [5, 5.41) is 0. The molecule has 0 radical (unpaired) electrons. The van der Waals surface area contributed by atoms with Gasteiger partial charge in [-0.3, -0.25) is 4.90 Å². The predicted molar refractivity (Wildman–Crippen MR) is 86.1 cm³/mol. The Bertz CT molecular complexity index is 692. The van der Waals surface area contributed by atoms with Crippen LogP contribution in [0.3, 0.4) is 0 Å². The van der Waals surface area contributed by atoms with E-state index in [2.05, 4.69) is 17.9 Å². The van der Waals surface area contributed by atoms with Gasteiger partial charge in [-0.2, -0.15) is 0 Å². The lowest BCUT2D eigenvalue weighted by Crippen LogP contribution is -2.50. The molecule has 3 aliphatic rings. The van der Waals surface area contributed by atoms with Gasteiger partial charge < -0.3 is 4.74 Å². The van der Waals surface area contributed by atoms with Crippen molar-refractivity contribution in [2.75, 3.05) is 6.54 Å². The molecule has 1 fully saturated rings. The average Bonchev–Trinajstić information content (AvgIpc) is 2.88. The molecular weight excluding hydrogens is 293 g/mol. The lowest BCUT2D eigenvalue weighted by molar-refractivity contribution is -0.142. The summed E-state index contributed by atoms with van der Waals surface area (Å²) < 4.78 is 18.8. The second-order valence-electron chi connectivity index (χ2n) is 6.59. The molecule has 3 atom stereocenters. The van der Waals surface area contributed by atoms with Crippen molar-refractivity contribution in [3.05, 3.63) is 53.4 Å². The summed E-state index contributed by atoms with van der Waals surface area (Å²) >= 11 is 0. The molecule has 2 unspecified atom stereocenters. The van der Waals surface area contributed by atoms with Crippen LogP contribution in [0.1, 0.15) is 31.7 Å². The largest absolute Gasteiger partial charge is 0.453 e. The van der Waals surface area contributed by atoms with Gasteiger partial charge >= 0.3 is 5.97 Å². The van der Waals surface area contributed by atoms with Crippen molar-refractivity contribution < 1.29 is 13.9 Å². The van der Waals surface area contributed by atoms with Crippen molar-refractivity contribution in [1.29, 1.82) is 0 Å². The van der Waals surface area contributed by atoms with Gasteiger partial charge in [0.15, 0.2) is 0 Å². The fraction of sp³-hybridized carbons (Fsp3) is 0.421.